The largest absolute Gasteiger partial charge is 0.181 e. The maximum Gasteiger partial charge on any atom is 0.181 e. The molecule has 0 atom stereocenters. The van der Waals surface area contributed by atoms with E-state index in [0.29, 0.717) is 0 Å². The monoisotopic (exact) mass is 188 g/mol. The van der Waals surface area contributed by atoms with Gasteiger partial charge in [-0.15, -0.1) is 0 Å². The number of halogens is 1. The van der Waals surface area contributed by atoms with Gasteiger partial charge >= 0.3 is 0 Å². The summed E-state index contributed by atoms with van der Waals surface area (Å²) >= 11 is 5.97. The third kappa shape index (κ3) is 26.4. The van der Waals surface area contributed by atoms with Gasteiger partial charge in [0.15, 0.2) is 12.1 Å². The van der Waals surface area contributed by atoms with E-state index < -0.39 is 7.38 Å². The van der Waals surface area contributed by atoms with Gasteiger partial charge in [0.25, 0.3) is 0 Å². The Morgan fingerprint density at radius 3 is 1.64 bits per heavy atom. The molecule has 0 aromatic heterocycles. The van der Waals surface area contributed by atoms with E-state index in [1.165, 1.54) is 24.6 Å². The van der Waals surface area contributed by atoms with Crippen molar-refractivity contribution in [2.75, 3.05) is 0 Å². The second-order valence-electron chi connectivity index (χ2n) is 2.69. The molecule has 62 valence electrons. The second-order valence-corrected chi connectivity index (χ2v) is 9.70. The van der Waals surface area contributed by atoms with E-state index in [9.17, 15) is 0 Å². The quantitative estimate of drug-likeness (QED) is 0.494. The summed E-state index contributed by atoms with van der Waals surface area (Å²) in [5, 5.41) is 14.5. The van der Waals surface area contributed by atoms with E-state index in [2.05, 4.69) is 20.0 Å². The fourth-order valence-corrected chi connectivity index (χ4v) is 2.35. The van der Waals surface area contributed by atoms with Gasteiger partial charge in [0.05, 0.1) is 0 Å². The first-order chi connectivity index (χ1) is 4.97. The average molecular weight is 189 g/mol. The topological polar surface area (TPSA) is 47.6 Å². The molecule has 0 amide bonds. The van der Waals surface area contributed by atoms with Crippen molar-refractivity contribution in [3.8, 4) is 12.1 Å². The van der Waals surface area contributed by atoms with Crippen molar-refractivity contribution in [1.29, 1.82) is 10.5 Å². The summed E-state index contributed by atoms with van der Waals surface area (Å²) in [6.45, 7) is 6.53. The molecule has 0 rings (SSSR count). The molecule has 0 saturated heterocycles. The van der Waals surface area contributed by atoms with Crippen LogP contribution in [0.3, 0.4) is 0 Å². The standard InChI is InChI=1S/C5H13ClSi.C2N2/c1-4-5-7(2,3)6;3-1-2-4/h4-5H2,1-3H3;. The maximum atomic E-state index is 7.26. The molecule has 0 spiro atoms. The van der Waals surface area contributed by atoms with Gasteiger partial charge in [0.2, 0.25) is 0 Å². The van der Waals surface area contributed by atoms with Crippen molar-refractivity contribution >= 4 is 18.5 Å². The highest BCUT2D eigenvalue weighted by Crippen LogP contribution is 2.14. The number of rotatable bonds is 2. The fourth-order valence-electron chi connectivity index (χ4n) is 0.594. The van der Waals surface area contributed by atoms with E-state index in [-0.39, 0.29) is 0 Å². The molecular formula is C7H13ClN2Si. The van der Waals surface area contributed by atoms with Gasteiger partial charge in [-0.1, -0.05) is 26.4 Å². The van der Waals surface area contributed by atoms with Crippen molar-refractivity contribution in [1.82, 2.24) is 0 Å². The molecular weight excluding hydrogens is 176 g/mol. The Kier molecular flexibility index (Phi) is 9.04. The van der Waals surface area contributed by atoms with Crippen LogP contribution >= 0.6 is 11.1 Å². The lowest BCUT2D eigenvalue weighted by molar-refractivity contribution is 1.06. The zero-order chi connectivity index (χ0) is 9.33. The summed E-state index contributed by atoms with van der Waals surface area (Å²) in [4.78, 5) is 0. The minimum Gasteiger partial charge on any atom is -0.181 e. The Morgan fingerprint density at radius 2 is 1.64 bits per heavy atom. The van der Waals surface area contributed by atoms with Crippen LogP contribution < -0.4 is 0 Å². The van der Waals surface area contributed by atoms with E-state index in [0.717, 1.165) is 0 Å². The lowest BCUT2D eigenvalue weighted by Gasteiger charge is -2.08. The molecule has 0 radical (unpaired) electrons. The van der Waals surface area contributed by atoms with Crippen molar-refractivity contribution in [2.24, 2.45) is 0 Å². The Hall–Kier alpha value is -0.513. The van der Waals surface area contributed by atoms with E-state index in [4.69, 9.17) is 21.6 Å². The smallest absolute Gasteiger partial charge is 0.181 e. The summed E-state index contributed by atoms with van der Waals surface area (Å²) in [6.07, 6.45) is 1.24. The number of nitrogens with zero attached hydrogens (tertiary/aromatic N) is 2. The van der Waals surface area contributed by atoms with Crippen LogP contribution in [-0.2, 0) is 0 Å². The van der Waals surface area contributed by atoms with Crippen LogP contribution in [0.25, 0.3) is 0 Å². The van der Waals surface area contributed by atoms with Gasteiger partial charge in [-0.05, 0) is 6.04 Å². The second kappa shape index (κ2) is 7.59. The molecule has 0 heterocycles. The minimum absolute atomic E-state index is 1.18. The van der Waals surface area contributed by atoms with Gasteiger partial charge in [-0.25, -0.2) is 0 Å². The van der Waals surface area contributed by atoms with Crippen molar-refractivity contribution in [2.45, 2.75) is 32.5 Å². The molecule has 0 bridgehead atoms. The molecule has 11 heavy (non-hydrogen) atoms. The minimum atomic E-state index is -1.18. The molecule has 0 aromatic rings. The van der Waals surface area contributed by atoms with E-state index in [1.807, 2.05) is 0 Å². The van der Waals surface area contributed by atoms with E-state index >= 15 is 0 Å². The van der Waals surface area contributed by atoms with Gasteiger partial charge in [-0.2, -0.15) is 21.6 Å². The van der Waals surface area contributed by atoms with Gasteiger partial charge in [-0.3, -0.25) is 0 Å². The summed E-state index contributed by atoms with van der Waals surface area (Å²) in [6, 6.07) is 3.72. The molecule has 0 unspecified atom stereocenters. The Labute approximate surface area is 74.1 Å². The summed E-state index contributed by atoms with van der Waals surface area (Å²) in [5.74, 6) is 0. The Balaban J connectivity index is 0. The molecule has 0 aliphatic carbocycles. The van der Waals surface area contributed by atoms with Crippen LogP contribution in [-0.4, -0.2) is 7.38 Å². The van der Waals surface area contributed by atoms with Gasteiger partial charge in [0, 0.05) is 0 Å². The molecule has 2 nitrogen and oxygen atoms in total. The van der Waals surface area contributed by atoms with Gasteiger partial charge in [0.1, 0.15) is 7.38 Å². The first kappa shape index (κ1) is 13.1. The molecule has 0 saturated carbocycles. The maximum absolute atomic E-state index is 7.26. The van der Waals surface area contributed by atoms with Crippen LogP contribution in [0.4, 0.5) is 0 Å². The predicted octanol–water partition coefficient (Wildman–Crippen LogP) is 2.87. The lowest BCUT2D eigenvalue weighted by atomic mass is 10.6. The zero-order valence-corrected chi connectivity index (χ0v) is 8.94. The lowest BCUT2D eigenvalue weighted by Crippen LogP contribution is -2.14. The zero-order valence-electron chi connectivity index (χ0n) is 7.19. The van der Waals surface area contributed by atoms with Crippen molar-refractivity contribution in [3.05, 3.63) is 0 Å². The van der Waals surface area contributed by atoms with Crippen LogP contribution in [0.15, 0.2) is 0 Å². The molecule has 0 aromatic carbocycles. The van der Waals surface area contributed by atoms with Gasteiger partial charge < -0.3 is 0 Å². The highest BCUT2D eigenvalue weighted by atomic mass is 35.6. The molecule has 0 fully saturated rings. The van der Waals surface area contributed by atoms with Crippen LogP contribution in [0.2, 0.25) is 19.1 Å². The number of nitriles is 2. The molecule has 0 N–H and O–H groups in total. The molecule has 4 heteroatoms. The van der Waals surface area contributed by atoms with Crippen LogP contribution in [0.1, 0.15) is 13.3 Å². The van der Waals surface area contributed by atoms with Crippen molar-refractivity contribution < 1.29 is 0 Å². The third-order valence-corrected chi connectivity index (χ3v) is 3.15. The first-order valence-corrected chi connectivity index (χ1v) is 7.67. The van der Waals surface area contributed by atoms with Crippen molar-refractivity contribution in [3.63, 3.8) is 0 Å². The Bertz CT molecular complexity index is 149. The first-order valence-electron chi connectivity index (χ1n) is 3.45. The average Bonchev–Trinajstić information content (AvgIpc) is 1.86. The predicted molar refractivity (Wildman–Crippen MR) is 49.7 cm³/mol. The SMILES string of the molecule is CCC[Si](C)(C)Cl.N#CC#N. The summed E-state index contributed by atoms with van der Waals surface area (Å²) in [5.41, 5.74) is 0. The van der Waals surface area contributed by atoms with E-state index in [1.54, 1.807) is 0 Å². The highest BCUT2D eigenvalue weighted by Gasteiger charge is 2.13. The number of hydrogen-bond donors (Lipinski definition) is 0. The summed E-state index contributed by atoms with van der Waals surface area (Å²) in [7, 11) is -1.18. The molecule has 0 aliphatic heterocycles. The highest BCUT2D eigenvalue weighted by molar-refractivity contribution is 7.19. The molecule has 0 aliphatic rings. The fraction of sp³-hybridized carbons (Fsp3) is 0.714. The van der Waals surface area contributed by atoms with Crippen LogP contribution in [0.5, 0.6) is 0 Å². The third-order valence-electron chi connectivity index (χ3n) is 0.894. The van der Waals surface area contributed by atoms with Crippen LogP contribution in [0, 0.1) is 22.7 Å². The Morgan fingerprint density at radius 1 is 1.27 bits per heavy atom. The number of hydrogen-bond acceptors (Lipinski definition) is 2. The normalized spacial score (nSPS) is 8.55. The summed E-state index contributed by atoms with van der Waals surface area (Å²) < 4.78 is 0.